The Hall–Kier alpha value is -1.15. The maximum absolute atomic E-state index is 12.3. The minimum atomic E-state index is -0.187. The van der Waals surface area contributed by atoms with Gasteiger partial charge in [0.15, 0.2) is 0 Å². The first-order valence-corrected chi connectivity index (χ1v) is 8.32. The molecule has 0 aromatic carbocycles. The molecule has 1 rings (SSSR count). The van der Waals surface area contributed by atoms with Crippen molar-refractivity contribution < 1.29 is 4.79 Å². The fourth-order valence-corrected chi connectivity index (χ4v) is 2.78. The number of amides is 1. The first-order valence-electron chi connectivity index (χ1n) is 7.44. The summed E-state index contributed by atoms with van der Waals surface area (Å²) in [6, 6.07) is 0.431. The van der Waals surface area contributed by atoms with Gasteiger partial charge in [-0.15, -0.1) is 5.10 Å². The number of thioether (sulfide) groups is 1. The fraction of sp³-hybridized carbons (Fsp3) is 0.846. The van der Waals surface area contributed by atoms with Crippen LogP contribution >= 0.6 is 11.8 Å². The molecule has 120 valence electrons. The molecule has 8 heteroatoms. The van der Waals surface area contributed by atoms with Gasteiger partial charge in [0.25, 0.3) is 0 Å². The Morgan fingerprint density at radius 3 is 2.57 bits per heavy atom. The van der Waals surface area contributed by atoms with Crippen molar-refractivity contribution in [2.75, 3.05) is 19.6 Å². The smallest absolute Gasteiger partial charge is 0.235 e. The Morgan fingerprint density at radius 2 is 2.00 bits per heavy atom. The average molecular weight is 314 g/mol. The molecule has 1 aromatic heterocycles. The van der Waals surface area contributed by atoms with Crippen molar-refractivity contribution in [1.29, 1.82) is 0 Å². The van der Waals surface area contributed by atoms with Crippen LogP contribution in [0.4, 0.5) is 0 Å². The summed E-state index contributed by atoms with van der Waals surface area (Å²) in [6.07, 6.45) is 0. The van der Waals surface area contributed by atoms with E-state index in [2.05, 4.69) is 34.7 Å². The lowest BCUT2D eigenvalue weighted by atomic mass is 10.4. The van der Waals surface area contributed by atoms with Crippen molar-refractivity contribution in [2.24, 2.45) is 0 Å². The zero-order valence-electron chi connectivity index (χ0n) is 13.5. The first-order chi connectivity index (χ1) is 9.99. The molecule has 21 heavy (non-hydrogen) atoms. The Balaban J connectivity index is 2.58. The second-order valence-corrected chi connectivity index (χ2v) is 6.37. The van der Waals surface area contributed by atoms with Crippen LogP contribution in [0, 0.1) is 0 Å². The molecule has 1 heterocycles. The van der Waals surface area contributed by atoms with Gasteiger partial charge >= 0.3 is 0 Å². The monoisotopic (exact) mass is 314 g/mol. The van der Waals surface area contributed by atoms with Gasteiger partial charge in [0.1, 0.15) is 0 Å². The molecule has 0 radical (unpaired) electrons. The van der Waals surface area contributed by atoms with Gasteiger partial charge in [0, 0.05) is 25.7 Å². The van der Waals surface area contributed by atoms with Crippen molar-refractivity contribution in [1.82, 2.24) is 30.4 Å². The van der Waals surface area contributed by atoms with Gasteiger partial charge in [-0.2, -0.15) is 0 Å². The first kappa shape index (κ1) is 17.9. The third kappa shape index (κ3) is 5.62. The van der Waals surface area contributed by atoms with Gasteiger partial charge in [-0.1, -0.05) is 25.6 Å². The van der Waals surface area contributed by atoms with E-state index >= 15 is 0 Å². The quantitative estimate of drug-likeness (QED) is 0.686. The van der Waals surface area contributed by atoms with Crippen molar-refractivity contribution in [3.05, 3.63) is 0 Å². The molecule has 0 bridgehead atoms. The third-order valence-corrected chi connectivity index (χ3v) is 4.14. The molecule has 0 aliphatic rings. The lowest BCUT2D eigenvalue weighted by Gasteiger charge is -2.22. The van der Waals surface area contributed by atoms with E-state index in [0.29, 0.717) is 17.7 Å². The van der Waals surface area contributed by atoms with Crippen molar-refractivity contribution in [3.8, 4) is 0 Å². The van der Waals surface area contributed by atoms with Crippen LogP contribution in [0.25, 0.3) is 0 Å². The summed E-state index contributed by atoms with van der Waals surface area (Å²) < 4.78 is 1.74. The van der Waals surface area contributed by atoms with Crippen molar-refractivity contribution in [3.63, 3.8) is 0 Å². The van der Waals surface area contributed by atoms with Gasteiger partial charge in [0.2, 0.25) is 11.1 Å². The average Bonchev–Trinajstić information content (AvgIpc) is 2.87. The molecular formula is C13H26N6OS. The summed E-state index contributed by atoms with van der Waals surface area (Å²) in [5.74, 6) is 0.125. The van der Waals surface area contributed by atoms with Crippen molar-refractivity contribution >= 4 is 17.7 Å². The Kier molecular flexibility index (Phi) is 7.66. The number of carbonyl (C=O) groups excluding carboxylic acids is 1. The number of tetrazole rings is 1. The number of carbonyl (C=O) groups is 1. The van der Waals surface area contributed by atoms with Crippen LogP contribution in [0.2, 0.25) is 0 Å². The van der Waals surface area contributed by atoms with E-state index in [0.717, 1.165) is 19.6 Å². The minimum absolute atomic E-state index is 0.125. The summed E-state index contributed by atoms with van der Waals surface area (Å²) in [4.78, 5) is 14.1. The third-order valence-electron chi connectivity index (χ3n) is 3.08. The number of rotatable bonds is 9. The Morgan fingerprint density at radius 1 is 1.33 bits per heavy atom. The van der Waals surface area contributed by atoms with E-state index in [-0.39, 0.29) is 11.2 Å². The van der Waals surface area contributed by atoms with Crippen LogP contribution in [0.5, 0.6) is 0 Å². The van der Waals surface area contributed by atoms with Crippen LogP contribution in [0.1, 0.15) is 34.6 Å². The standard InChI is InChI=1S/C13H26N6OS/c1-6-18(7-2)12(20)11(5)21-13-15-16-17-19(13)9-8-14-10(3)4/h10-11,14H,6-9H2,1-5H3. The number of hydrogen-bond donors (Lipinski definition) is 1. The van der Waals surface area contributed by atoms with Crippen LogP contribution < -0.4 is 5.32 Å². The minimum Gasteiger partial charge on any atom is -0.342 e. The zero-order valence-corrected chi connectivity index (χ0v) is 14.4. The summed E-state index contributed by atoms with van der Waals surface area (Å²) in [7, 11) is 0. The Labute approximate surface area is 130 Å². The highest BCUT2D eigenvalue weighted by atomic mass is 32.2. The molecule has 0 saturated heterocycles. The molecule has 7 nitrogen and oxygen atoms in total. The van der Waals surface area contributed by atoms with E-state index < -0.39 is 0 Å². The predicted octanol–water partition coefficient (Wildman–Crippen LogP) is 1.02. The molecule has 1 amide bonds. The molecule has 0 aliphatic carbocycles. The van der Waals surface area contributed by atoms with E-state index in [9.17, 15) is 4.79 Å². The lowest BCUT2D eigenvalue weighted by Crippen LogP contribution is -2.36. The summed E-state index contributed by atoms with van der Waals surface area (Å²) in [5, 5.41) is 15.5. The highest BCUT2D eigenvalue weighted by Crippen LogP contribution is 2.21. The summed E-state index contributed by atoms with van der Waals surface area (Å²) in [6.45, 7) is 13.0. The Bertz CT molecular complexity index is 432. The topological polar surface area (TPSA) is 75.9 Å². The molecule has 1 atom stereocenters. The molecule has 1 unspecified atom stereocenters. The second-order valence-electron chi connectivity index (χ2n) is 5.06. The van der Waals surface area contributed by atoms with Gasteiger partial charge in [-0.05, 0) is 31.2 Å². The van der Waals surface area contributed by atoms with Crippen LogP contribution in [-0.2, 0) is 11.3 Å². The highest BCUT2D eigenvalue weighted by Gasteiger charge is 2.21. The van der Waals surface area contributed by atoms with Crippen LogP contribution in [-0.4, -0.2) is 61.9 Å². The number of hydrogen-bond acceptors (Lipinski definition) is 6. The molecule has 1 aromatic rings. The maximum atomic E-state index is 12.3. The van der Waals surface area contributed by atoms with Gasteiger partial charge in [-0.3, -0.25) is 4.79 Å². The largest absolute Gasteiger partial charge is 0.342 e. The van der Waals surface area contributed by atoms with Gasteiger partial charge < -0.3 is 10.2 Å². The highest BCUT2D eigenvalue weighted by molar-refractivity contribution is 8.00. The van der Waals surface area contributed by atoms with Gasteiger partial charge in [0.05, 0.1) is 11.8 Å². The summed E-state index contributed by atoms with van der Waals surface area (Å²) in [5.41, 5.74) is 0. The second kappa shape index (κ2) is 8.99. The zero-order chi connectivity index (χ0) is 15.8. The number of nitrogens with one attached hydrogen (secondary N) is 1. The fourth-order valence-electron chi connectivity index (χ4n) is 1.88. The van der Waals surface area contributed by atoms with Crippen molar-refractivity contribution in [2.45, 2.75) is 57.6 Å². The molecule has 1 N–H and O–H groups in total. The predicted molar refractivity (Wildman–Crippen MR) is 84.2 cm³/mol. The van der Waals surface area contributed by atoms with E-state index in [4.69, 9.17) is 0 Å². The van der Waals surface area contributed by atoms with Gasteiger partial charge in [-0.25, -0.2) is 4.68 Å². The molecule has 0 saturated carbocycles. The normalized spacial score (nSPS) is 12.7. The van der Waals surface area contributed by atoms with E-state index in [1.807, 2.05) is 25.7 Å². The lowest BCUT2D eigenvalue weighted by molar-refractivity contribution is -0.129. The van der Waals surface area contributed by atoms with Crippen LogP contribution in [0.15, 0.2) is 5.16 Å². The molecule has 0 spiro atoms. The summed E-state index contributed by atoms with van der Waals surface area (Å²) >= 11 is 1.41. The molecular weight excluding hydrogens is 288 g/mol. The van der Waals surface area contributed by atoms with E-state index in [1.165, 1.54) is 11.8 Å². The molecule has 0 fully saturated rings. The van der Waals surface area contributed by atoms with E-state index in [1.54, 1.807) is 4.68 Å². The SMILES string of the molecule is CCN(CC)C(=O)C(C)Sc1nnnn1CCNC(C)C. The van der Waals surface area contributed by atoms with Crippen LogP contribution in [0.3, 0.4) is 0 Å². The number of aromatic nitrogens is 4. The molecule has 0 aliphatic heterocycles. The maximum Gasteiger partial charge on any atom is 0.235 e. The number of nitrogens with zero attached hydrogens (tertiary/aromatic N) is 5.